The van der Waals surface area contributed by atoms with Crippen LogP contribution < -0.4 is 0 Å². The third-order valence-corrected chi connectivity index (χ3v) is 1.47. The van der Waals surface area contributed by atoms with E-state index in [2.05, 4.69) is 5.10 Å². The lowest BCUT2D eigenvalue weighted by Gasteiger charge is -2.09. The Morgan fingerprint density at radius 2 is 1.83 bits per heavy atom. The van der Waals surface area contributed by atoms with Crippen molar-refractivity contribution in [3.63, 3.8) is 0 Å². The number of rotatable bonds is 3. The molecule has 0 saturated carbocycles. The van der Waals surface area contributed by atoms with Gasteiger partial charge in [0.05, 0.1) is 0 Å². The van der Waals surface area contributed by atoms with Crippen molar-refractivity contribution in [1.29, 1.82) is 0 Å². The van der Waals surface area contributed by atoms with Gasteiger partial charge in [0.15, 0.2) is 5.78 Å². The van der Waals surface area contributed by atoms with Crippen LogP contribution in [-0.4, -0.2) is 29.5 Å². The van der Waals surface area contributed by atoms with E-state index in [1.807, 2.05) is 0 Å². The zero-order chi connectivity index (χ0) is 9.72. The molecule has 4 nitrogen and oxygen atoms in total. The van der Waals surface area contributed by atoms with Crippen molar-refractivity contribution in [1.82, 2.24) is 5.01 Å². The minimum absolute atomic E-state index is 0.101. The predicted molar refractivity (Wildman–Crippen MR) is 46.9 cm³/mol. The summed E-state index contributed by atoms with van der Waals surface area (Å²) in [6.45, 7) is 4.75. The molecule has 0 rings (SSSR count). The Morgan fingerprint density at radius 1 is 1.33 bits per heavy atom. The van der Waals surface area contributed by atoms with Gasteiger partial charge in [-0.2, -0.15) is 5.10 Å². The van der Waals surface area contributed by atoms with Crippen LogP contribution in [0.2, 0.25) is 0 Å². The van der Waals surface area contributed by atoms with E-state index in [0.717, 1.165) is 0 Å². The summed E-state index contributed by atoms with van der Waals surface area (Å²) in [7, 11) is 1.54. The van der Waals surface area contributed by atoms with Crippen molar-refractivity contribution in [3.8, 4) is 0 Å². The Balaban J connectivity index is 4.33. The van der Waals surface area contributed by atoms with Gasteiger partial charge in [-0.1, -0.05) is 6.92 Å². The number of Topliss-reactive ketones (excluding diaryl/α,β-unsaturated/α-hetero) is 1. The van der Waals surface area contributed by atoms with Gasteiger partial charge >= 0.3 is 0 Å². The van der Waals surface area contributed by atoms with Crippen LogP contribution in [0.25, 0.3) is 0 Å². The molecule has 0 aliphatic heterocycles. The number of ketones is 1. The van der Waals surface area contributed by atoms with E-state index in [9.17, 15) is 9.59 Å². The number of hydrazone groups is 1. The number of amides is 1. The Labute approximate surface area is 72.2 Å². The van der Waals surface area contributed by atoms with Gasteiger partial charge in [-0.05, 0) is 6.92 Å². The molecule has 0 bridgehead atoms. The van der Waals surface area contributed by atoms with Crippen LogP contribution in [0, 0.1) is 0 Å². The summed E-state index contributed by atoms with van der Waals surface area (Å²) in [4.78, 5) is 21.7. The predicted octanol–water partition coefficient (Wildman–Crippen LogP) is 0.820. The molecule has 12 heavy (non-hydrogen) atoms. The Hall–Kier alpha value is -1.19. The topological polar surface area (TPSA) is 49.7 Å². The van der Waals surface area contributed by atoms with Crippen LogP contribution >= 0.6 is 0 Å². The zero-order valence-electron chi connectivity index (χ0n) is 7.92. The lowest BCUT2D eigenvalue weighted by Crippen LogP contribution is -2.22. The molecule has 68 valence electrons. The van der Waals surface area contributed by atoms with Gasteiger partial charge in [0.25, 0.3) is 0 Å². The van der Waals surface area contributed by atoms with Crippen LogP contribution in [0.4, 0.5) is 0 Å². The quantitative estimate of drug-likeness (QED) is 0.465. The van der Waals surface area contributed by atoms with E-state index in [1.165, 1.54) is 19.0 Å². The average Bonchev–Trinajstić information content (AvgIpc) is 2.02. The monoisotopic (exact) mass is 170 g/mol. The zero-order valence-corrected chi connectivity index (χ0v) is 7.92. The summed E-state index contributed by atoms with van der Waals surface area (Å²) in [5.41, 5.74) is 0.347. The second-order valence-electron chi connectivity index (χ2n) is 2.51. The van der Waals surface area contributed by atoms with Gasteiger partial charge in [0.1, 0.15) is 5.71 Å². The number of carbonyl (C=O) groups excluding carboxylic acids is 2. The first kappa shape index (κ1) is 10.8. The molecule has 0 N–H and O–H groups in total. The molecule has 0 aromatic rings. The number of carbonyl (C=O) groups is 2. The van der Waals surface area contributed by atoms with Crippen molar-refractivity contribution in [2.24, 2.45) is 5.10 Å². The first-order chi connectivity index (χ1) is 5.49. The molecule has 0 aromatic carbocycles. The van der Waals surface area contributed by atoms with Crippen LogP contribution in [0.5, 0.6) is 0 Å². The maximum Gasteiger partial charge on any atom is 0.242 e. The molecule has 0 aromatic heterocycles. The van der Waals surface area contributed by atoms with Crippen LogP contribution in [0.1, 0.15) is 27.2 Å². The van der Waals surface area contributed by atoms with Crippen molar-refractivity contribution in [2.75, 3.05) is 7.05 Å². The molecular formula is C8H14N2O2. The molecule has 1 amide bonds. The maximum atomic E-state index is 11.0. The minimum Gasteiger partial charge on any atom is -0.293 e. The van der Waals surface area contributed by atoms with E-state index in [0.29, 0.717) is 12.1 Å². The second-order valence-corrected chi connectivity index (χ2v) is 2.51. The lowest BCUT2D eigenvalue weighted by atomic mass is 10.3. The Kier molecular flexibility index (Phi) is 4.18. The highest BCUT2D eigenvalue weighted by molar-refractivity contribution is 6.38. The highest BCUT2D eigenvalue weighted by Crippen LogP contribution is 1.92. The molecule has 4 heteroatoms. The molecule has 0 aliphatic carbocycles. The highest BCUT2D eigenvalue weighted by atomic mass is 16.2. The van der Waals surface area contributed by atoms with E-state index in [-0.39, 0.29) is 11.7 Å². The van der Waals surface area contributed by atoms with E-state index >= 15 is 0 Å². The lowest BCUT2D eigenvalue weighted by molar-refractivity contribution is -0.129. The first-order valence-corrected chi connectivity index (χ1v) is 3.81. The number of hydrogen-bond donors (Lipinski definition) is 0. The third-order valence-electron chi connectivity index (χ3n) is 1.47. The number of hydrogen-bond acceptors (Lipinski definition) is 3. The Morgan fingerprint density at radius 3 is 2.17 bits per heavy atom. The number of nitrogens with zero attached hydrogens (tertiary/aromatic N) is 2. The minimum atomic E-state index is -0.120. The van der Waals surface area contributed by atoms with E-state index in [4.69, 9.17) is 0 Å². The van der Waals surface area contributed by atoms with Crippen molar-refractivity contribution < 1.29 is 9.59 Å². The smallest absolute Gasteiger partial charge is 0.242 e. The van der Waals surface area contributed by atoms with E-state index < -0.39 is 0 Å². The molecule has 0 aliphatic rings. The van der Waals surface area contributed by atoms with Crippen LogP contribution in [0.15, 0.2) is 5.10 Å². The molecule has 0 heterocycles. The van der Waals surface area contributed by atoms with Crippen molar-refractivity contribution in [2.45, 2.75) is 27.2 Å². The summed E-state index contributed by atoms with van der Waals surface area (Å²) in [5.74, 6) is -0.221. The highest BCUT2D eigenvalue weighted by Gasteiger charge is 2.05. The molecule has 0 unspecified atom stereocenters. The van der Waals surface area contributed by atoms with Crippen molar-refractivity contribution >= 4 is 17.4 Å². The SMILES string of the molecule is CCC(=O)N(C)/N=C(/C)C(C)=O. The summed E-state index contributed by atoms with van der Waals surface area (Å²) in [5, 5.41) is 4.99. The van der Waals surface area contributed by atoms with Gasteiger partial charge in [-0.3, -0.25) is 9.59 Å². The fourth-order valence-corrected chi connectivity index (χ4v) is 0.580. The summed E-state index contributed by atoms with van der Waals surface area (Å²) in [6.07, 6.45) is 0.394. The maximum absolute atomic E-state index is 11.0. The summed E-state index contributed by atoms with van der Waals surface area (Å²) < 4.78 is 0. The molecule has 0 saturated heterocycles. The Bertz CT molecular complexity index is 221. The van der Waals surface area contributed by atoms with Gasteiger partial charge in [0.2, 0.25) is 5.91 Å². The molecule has 0 spiro atoms. The van der Waals surface area contributed by atoms with Crippen molar-refractivity contribution in [3.05, 3.63) is 0 Å². The second kappa shape index (κ2) is 4.64. The molecule has 0 atom stereocenters. The average molecular weight is 170 g/mol. The van der Waals surface area contributed by atoms with E-state index in [1.54, 1.807) is 13.8 Å². The first-order valence-electron chi connectivity index (χ1n) is 3.81. The van der Waals surface area contributed by atoms with Crippen LogP contribution in [-0.2, 0) is 9.59 Å². The van der Waals surface area contributed by atoms with Gasteiger partial charge in [-0.15, -0.1) is 0 Å². The van der Waals surface area contributed by atoms with Gasteiger partial charge in [0, 0.05) is 20.4 Å². The third kappa shape index (κ3) is 3.27. The van der Waals surface area contributed by atoms with Gasteiger partial charge in [-0.25, -0.2) is 5.01 Å². The largest absolute Gasteiger partial charge is 0.293 e. The molecule has 0 fully saturated rings. The fraction of sp³-hybridized carbons (Fsp3) is 0.625. The summed E-state index contributed by atoms with van der Waals surface area (Å²) >= 11 is 0. The standard InChI is InChI=1S/C8H14N2O2/c1-5-8(12)10(4)9-6(2)7(3)11/h5H2,1-4H3/b9-6-. The molecular weight excluding hydrogens is 156 g/mol. The summed E-state index contributed by atoms with van der Waals surface area (Å²) in [6, 6.07) is 0. The fourth-order valence-electron chi connectivity index (χ4n) is 0.580. The normalized spacial score (nSPS) is 11.2. The van der Waals surface area contributed by atoms with Crippen LogP contribution in [0.3, 0.4) is 0 Å². The molecule has 0 radical (unpaired) electrons. The van der Waals surface area contributed by atoms with Gasteiger partial charge < -0.3 is 0 Å².